The molecule has 0 spiro atoms. The predicted octanol–water partition coefficient (Wildman–Crippen LogP) is 4.54. The van der Waals surface area contributed by atoms with E-state index in [1.165, 1.54) is 12.1 Å². The number of hydrogen-bond acceptors (Lipinski definition) is 3. The smallest absolute Gasteiger partial charge is 0.272 e. The summed E-state index contributed by atoms with van der Waals surface area (Å²) in [5, 5.41) is 7.41. The number of nitrogens with one attached hydrogen (secondary N) is 1. The van der Waals surface area contributed by atoms with Crippen molar-refractivity contribution < 1.29 is 13.9 Å². The zero-order chi connectivity index (χ0) is 20.9. The van der Waals surface area contributed by atoms with Crippen LogP contribution in [0.2, 0.25) is 0 Å². The summed E-state index contributed by atoms with van der Waals surface area (Å²) >= 11 is 0. The van der Waals surface area contributed by atoms with Crippen molar-refractivity contribution in [2.75, 3.05) is 7.11 Å². The second kappa shape index (κ2) is 8.61. The summed E-state index contributed by atoms with van der Waals surface area (Å²) < 4.78 is 20.2. The summed E-state index contributed by atoms with van der Waals surface area (Å²) in [7, 11) is 1.61. The Kier molecular flexibility index (Phi) is 5.57. The van der Waals surface area contributed by atoms with Crippen molar-refractivity contribution >= 4 is 5.91 Å². The Labute approximate surface area is 173 Å². The van der Waals surface area contributed by atoms with Crippen LogP contribution in [0.4, 0.5) is 4.39 Å². The normalized spacial score (nSPS) is 11.7. The molecule has 3 aromatic carbocycles. The van der Waals surface area contributed by atoms with E-state index in [2.05, 4.69) is 10.4 Å². The van der Waals surface area contributed by atoms with E-state index in [0.717, 1.165) is 22.6 Å². The van der Waals surface area contributed by atoms with Crippen molar-refractivity contribution in [3.63, 3.8) is 0 Å². The van der Waals surface area contributed by atoms with Crippen LogP contribution < -0.4 is 10.1 Å². The first kappa shape index (κ1) is 19.4. The van der Waals surface area contributed by atoms with Crippen molar-refractivity contribution in [2.45, 2.75) is 6.04 Å². The third-order valence-corrected chi connectivity index (χ3v) is 4.77. The van der Waals surface area contributed by atoms with E-state index in [4.69, 9.17) is 4.74 Å². The fourth-order valence-corrected chi connectivity index (χ4v) is 3.19. The minimum Gasteiger partial charge on any atom is -0.497 e. The van der Waals surface area contributed by atoms with Gasteiger partial charge in [0.15, 0.2) is 5.69 Å². The number of nitrogens with zero attached hydrogens (tertiary/aromatic N) is 2. The molecule has 1 amide bonds. The minimum atomic E-state index is -0.426. The van der Waals surface area contributed by atoms with Crippen LogP contribution >= 0.6 is 0 Å². The van der Waals surface area contributed by atoms with E-state index in [9.17, 15) is 9.18 Å². The highest BCUT2D eigenvalue weighted by atomic mass is 19.1. The Morgan fingerprint density at radius 1 is 0.933 bits per heavy atom. The highest BCUT2D eigenvalue weighted by Gasteiger charge is 2.19. The van der Waals surface area contributed by atoms with Gasteiger partial charge in [0, 0.05) is 6.20 Å². The lowest BCUT2D eigenvalue weighted by molar-refractivity contribution is 0.0937. The van der Waals surface area contributed by atoms with Gasteiger partial charge in [0.05, 0.1) is 18.8 Å². The number of amides is 1. The van der Waals surface area contributed by atoms with E-state index >= 15 is 0 Å². The first-order valence-corrected chi connectivity index (χ1v) is 9.45. The van der Waals surface area contributed by atoms with Crippen molar-refractivity contribution in [3.8, 4) is 11.4 Å². The maximum Gasteiger partial charge on any atom is 0.272 e. The number of hydrogen-bond donors (Lipinski definition) is 1. The molecule has 0 radical (unpaired) electrons. The van der Waals surface area contributed by atoms with Gasteiger partial charge in [0.25, 0.3) is 5.91 Å². The number of methoxy groups -OCH3 is 1. The zero-order valence-electron chi connectivity index (χ0n) is 16.3. The van der Waals surface area contributed by atoms with Crippen LogP contribution in [0.3, 0.4) is 0 Å². The fraction of sp³-hybridized carbons (Fsp3) is 0.0833. The monoisotopic (exact) mass is 401 g/mol. The minimum absolute atomic E-state index is 0.286. The van der Waals surface area contributed by atoms with Gasteiger partial charge in [-0.25, -0.2) is 9.07 Å². The van der Waals surface area contributed by atoms with Gasteiger partial charge in [-0.2, -0.15) is 5.10 Å². The Morgan fingerprint density at radius 3 is 2.27 bits per heavy atom. The quantitative estimate of drug-likeness (QED) is 0.516. The lowest BCUT2D eigenvalue weighted by Gasteiger charge is -2.19. The molecular weight excluding hydrogens is 381 g/mol. The molecule has 1 N–H and O–H groups in total. The van der Waals surface area contributed by atoms with Gasteiger partial charge in [-0.3, -0.25) is 4.79 Å². The van der Waals surface area contributed by atoms with Crippen molar-refractivity contribution in [2.24, 2.45) is 0 Å². The Hall–Kier alpha value is -3.93. The summed E-state index contributed by atoms with van der Waals surface area (Å²) in [5.41, 5.74) is 2.78. The van der Waals surface area contributed by atoms with Crippen molar-refractivity contribution in [1.82, 2.24) is 15.1 Å². The van der Waals surface area contributed by atoms with Gasteiger partial charge < -0.3 is 10.1 Å². The molecule has 0 aliphatic heterocycles. The number of ether oxygens (including phenoxy) is 1. The third kappa shape index (κ3) is 4.22. The van der Waals surface area contributed by atoms with Gasteiger partial charge >= 0.3 is 0 Å². The summed E-state index contributed by atoms with van der Waals surface area (Å²) in [6.07, 6.45) is 1.73. The molecule has 0 saturated carbocycles. The molecule has 0 fully saturated rings. The molecule has 6 heteroatoms. The van der Waals surface area contributed by atoms with Crippen LogP contribution in [0.15, 0.2) is 91.1 Å². The molecule has 30 heavy (non-hydrogen) atoms. The predicted molar refractivity (Wildman–Crippen MR) is 112 cm³/mol. The van der Waals surface area contributed by atoms with E-state index in [1.807, 2.05) is 54.6 Å². The van der Waals surface area contributed by atoms with Crippen molar-refractivity contribution in [3.05, 3.63) is 114 Å². The molecule has 4 aromatic rings. The number of carbonyl (C=O) groups excluding carboxylic acids is 1. The molecule has 0 bridgehead atoms. The summed E-state index contributed by atoms with van der Waals surface area (Å²) in [5.74, 6) is 0.101. The first-order valence-electron chi connectivity index (χ1n) is 9.45. The van der Waals surface area contributed by atoms with Crippen LogP contribution in [-0.2, 0) is 0 Å². The van der Waals surface area contributed by atoms with E-state index in [0.29, 0.717) is 0 Å². The number of aromatic nitrogens is 2. The zero-order valence-corrected chi connectivity index (χ0v) is 16.3. The molecule has 0 aliphatic carbocycles. The summed E-state index contributed by atoms with van der Waals surface area (Å²) in [4.78, 5) is 12.9. The maximum atomic E-state index is 13.4. The van der Waals surface area contributed by atoms with Gasteiger partial charge in [-0.05, 0) is 53.6 Å². The van der Waals surface area contributed by atoms with Gasteiger partial charge in [-0.1, -0.05) is 42.5 Å². The van der Waals surface area contributed by atoms with Crippen LogP contribution in [-0.4, -0.2) is 22.8 Å². The molecule has 0 saturated heterocycles. The molecule has 1 atom stereocenters. The molecule has 0 aliphatic rings. The molecule has 4 rings (SSSR count). The topological polar surface area (TPSA) is 56.1 Å². The van der Waals surface area contributed by atoms with Gasteiger partial charge in [-0.15, -0.1) is 0 Å². The lowest BCUT2D eigenvalue weighted by Crippen LogP contribution is -2.29. The molecule has 1 heterocycles. The lowest BCUT2D eigenvalue weighted by atomic mass is 9.98. The summed E-state index contributed by atoms with van der Waals surface area (Å²) in [6.45, 7) is 0. The number of halogens is 1. The maximum absolute atomic E-state index is 13.4. The molecule has 5 nitrogen and oxygen atoms in total. The van der Waals surface area contributed by atoms with E-state index < -0.39 is 6.04 Å². The third-order valence-electron chi connectivity index (χ3n) is 4.77. The standard InChI is InChI=1S/C24H20FN3O2/c1-30-21-13-11-20(12-14-21)28-16-15-22(27-28)24(29)26-23(17-5-3-2-4-6-17)18-7-9-19(25)10-8-18/h2-16,23H,1H3,(H,26,29). The van der Waals surface area contributed by atoms with E-state index in [1.54, 1.807) is 36.2 Å². The number of rotatable bonds is 6. The fourth-order valence-electron chi connectivity index (χ4n) is 3.19. The average molecular weight is 401 g/mol. The van der Waals surface area contributed by atoms with Crippen molar-refractivity contribution in [1.29, 1.82) is 0 Å². The van der Waals surface area contributed by atoms with Crippen LogP contribution in [0.25, 0.3) is 5.69 Å². The van der Waals surface area contributed by atoms with Crippen LogP contribution in [0.5, 0.6) is 5.75 Å². The average Bonchev–Trinajstić information content (AvgIpc) is 3.29. The molecule has 1 unspecified atom stereocenters. The van der Waals surface area contributed by atoms with E-state index in [-0.39, 0.29) is 17.4 Å². The number of benzene rings is 3. The van der Waals surface area contributed by atoms with Gasteiger partial charge in [0.2, 0.25) is 0 Å². The first-order chi connectivity index (χ1) is 14.6. The highest BCUT2D eigenvalue weighted by Crippen LogP contribution is 2.23. The Bertz CT molecular complexity index is 1120. The second-order valence-electron chi connectivity index (χ2n) is 6.71. The van der Waals surface area contributed by atoms with Crippen LogP contribution in [0, 0.1) is 5.82 Å². The Morgan fingerprint density at radius 2 is 1.60 bits per heavy atom. The Balaban J connectivity index is 1.58. The highest BCUT2D eigenvalue weighted by molar-refractivity contribution is 5.92. The second-order valence-corrected chi connectivity index (χ2v) is 6.71. The SMILES string of the molecule is COc1ccc(-n2ccc(C(=O)NC(c3ccccc3)c3ccc(F)cc3)n2)cc1. The summed E-state index contributed by atoms with van der Waals surface area (Å²) in [6, 6.07) is 24.3. The molecular formula is C24H20FN3O2. The largest absolute Gasteiger partial charge is 0.497 e. The molecule has 150 valence electrons. The molecule has 1 aromatic heterocycles. The van der Waals surface area contributed by atoms with Crippen LogP contribution in [0.1, 0.15) is 27.7 Å². The van der Waals surface area contributed by atoms with Gasteiger partial charge in [0.1, 0.15) is 11.6 Å². The number of carbonyl (C=O) groups is 1.